The molecule has 0 amide bonds. The van der Waals surface area contributed by atoms with E-state index in [2.05, 4.69) is 11.4 Å². The first kappa shape index (κ1) is 17.2. The predicted molar refractivity (Wildman–Crippen MR) is 79.9 cm³/mol. The number of nitrogens with one attached hydrogen (secondary N) is 1. The Balaban J connectivity index is 2.01. The van der Waals surface area contributed by atoms with Gasteiger partial charge in [-0.25, -0.2) is 0 Å². The van der Waals surface area contributed by atoms with Crippen LogP contribution in [0, 0.1) is 16.7 Å². The quantitative estimate of drug-likeness (QED) is 0.753. The maximum absolute atomic E-state index is 12.5. The number of nitrogens with zero attached hydrogens (tertiary/aromatic N) is 1. The van der Waals surface area contributed by atoms with Gasteiger partial charge in [0, 0.05) is 25.4 Å². The molecule has 1 saturated carbocycles. The van der Waals surface area contributed by atoms with E-state index < -0.39 is 11.2 Å². The molecule has 0 aromatic heterocycles. The Morgan fingerprint density at radius 3 is 2.50 bits per heavy atom. The molecule has 124 valence electrons. The number of rotatable bonds is 6. The van der Waals surface area contributed by atoms with Gasteiger partial charge in [0.1, 0.15) is 0 Å². The van der Waals surface area contributed by atoms with Crippen molar-refractivity contribution in [3.63, 3.8) is 0 Å². The number of nitriles is 1. The van der Waals surface area contributed by atoms with Gasteiger partial charge in [-0.2, -0.15) is 5.26 Å². The molecule has 1 aliphatic carbocycles. The van der Waals surface area contributed by atoms with E-state index in [0.717, 1.165) is 0 Å². The molecule has 1 aliphatic heterocycles. The van der Waals surface area contributed by atoms with Gasteiger partial charge < -0.3 is 19.5 Å². The second-order valence-electron chi connectivity index (χ2n) is 6.25. The van der Waals surface area contributed by atoms with Gasteiger partial charge in [0.2, 0.25) is 0 Å². The minimum absolute atomic E-state index is 0.0613. The summed E-state index contributed by atoms with van der Waals surface area (Å²) in [6, 6.07) is 2.20. The van der Waals surface area contributed by atoms with E-state index in [1.807, 2.05) is 13.8 Å². The van der Waals surface area contributed by atoms with Crippen molar-refractivity contribution < 1.29 is 19.0 Å². The average Bonchev–Trinajstić information content (AvgIpc) is 2.96. The third-order valence-electron chi connectivity index (χ3n) is 4.68. The van der Waals surface area contributed by atoms with Crippen molar-refractivity contribution in [3.8, 4) is 6.07 Å². The first-order valence-corrected chi connectivity index (χ1v) is 8.11. The van der Waals surface area contributed by atoms with Crippen molar-refractivity contribution in [2.75, 3.05) is 26.4 Å². The predicted octanol–water partition coefficient (Wildman–Crippen LogP) is 1.74. The molecule has 2 rings (SSSR count). The second-order valence-corrected chi connectivity index (χ2v) is 6.25. The molecule has 1 heterocycles. The third-order valence-corrected chi connectivity index (χ3v) is 4.68. The Morgan fingerprint density at radius 2 is 1.95 bits per heavy atom. The van der Waals surface area contributed by atoms with Crippen LogP contribution in [0.1, 0.15) is 46.0 Å². The van der Waals surface area contributed by atoms with Gasteiger partial charge in [-0.15, -0.1) is 0 Å². The van der Waals surface area contributed by atoms with Gasteiger partial charge in [-0.05, 0) is 26.7 Å². The molecule has 2 fully saturated rings. The Hall–Kier alpha value is -1.16. The summed E-state index contributed by atoms with van der Waals surface area (Å²) in [6.07, 6.45) is 3.20. The van der Waals surface area contributed by atoms with Crippen LogP contribution in [0.4, 0.5) is 0 Å². The highest BCUT2D eigenvalue weighted by Crippen LogP contribution is 2.45. The van der Waals surface area contributed by atoms with Crippen molar-refractivity contribution >= 4 is 5.97 Å². The standard InChI is InChI=1S/C16H26N2O4/c1-3-20-14(19)15(12-18-13(2)4-9-17)5-7-16(8-6-15)21-10-11-22-16/h13,18H,3-8,10-12H2,1-2H3/t13-/m0/s1. The Kier molecular flexibility index (Phi) is 5.79. The fourth-order valence-electron chi connectivity index (χ4n) is 3.21. The maximum Gasteiger partial charge on any atom is 0.313 e. The van der Waals surface area contributed by atoms with Crippen molar-refractivity contribution in [1.29, 1.82) is 5.26 Å². The molecule has 2 aliphatic rings. The molecular weight excluding hydrogens is 284 g/mol. The normalized spacial score (nSPS) is 23.9. The average molecular weight is 310 g/mol. The van der Waals surface area contributed by atoms with Crippen LogP contribution in [0.2, 0.25) is 0 Å². The summed E-state index contributed by atoms with van der Waals surface area (Å²) in [4.78, 5) is 12.5. The largest absolute Gasteiger partial charge is 0.466 e. The number of hydrogen-bond acceptors (Lipinski definition) is 6. The Morgan fingerprint density at radius 1 is 1.32 bits per heavy atom. The van der Waals surface area contributed by atoms with E-state index >= 15 is 0 Å². The Labute approximate surface area is 132 Å². The van der Waals surface area contributed by atoms with Crippen molar-refractivity contribution in [2.45, 2.75) is 57.8 Å². The number of hydrogen-bond donors (Lipinski definition) is 1. The van der Waals surface area contributed by atoms with Gasteiger partial charge in [-0.1, -0.05) is 0 Å². The van der Waals surface area contributed by atoms with E-state index in [0.29, 0.717) is 58.5 Å². The maximum atomic E-state index is 12.5. The molecule has 1 spiro atoms. The van der Waals surface area contributed by atoms with Crippen LogP contribution >= 0.6 is 0 Å². The molecule has 0 aromatic carbocycles. The molecule has 6 heteroatoms. The molecule has 1 saturated heterocycles. The lowest BCUT2D eigenvalue weighted by molar-refractivity contribution is -0.199. The third kappa shape index (κ3) is 3.78. The van der Waals surface area contributed by atoms with Gasteiger partial charge in [0.15, 0.2) is 5.79 Å². The molecule has 0 bridgehead atoms. The monoisotopic (exact) mass is 310 g/mol. The summed E-state index contributed by atoms with van der Waals surface area (Å²) in [7, 11) is 0. The summed E-state index contributed by atoms with van der Waals surface area (Å²) in [5.41, 5.74) is -0.541. The zero-order valence-corrected chi connectivity index (χ0v) is 13.5. The highest BCUT2D eigenvalue weighted by Gasteiger charge is 2.50. The number of carbonyl (C=O) groups is 1. The van der Waals surface area contributed by atoms with E-state index in [9.17, 15) is 4.79 Å². The van der Waals surface area contributed by atoms with E-state index in [4.69, 9.17) is 19.5 Å². The van der Waals surface area contributed by atoms with Crippen LogP contribution in [-0.2, 0) is 19.0 Å². The van der Waals surface area contributed by atoms with E-state index in [1.54, 1.807) is 0 Å². The summed E-state index contributed by atoms with van der Waals surface area (Å²) in [5.74, 6) is -0.645. The van der Waals surface area contributed by atoms with Crippen molar-refractivity contribution in [2.24, 2.45) is 5.41 Å². The number of carbonyl (C=O) groups excluding carboxylic acids is 1. The van der Waals surface area contributed by atoms with Crippen LogP contribution in [0.5, 0.6) is 0 Å². The first-order valence-electron chi connectivity index (χ1n) is 8.11. The smallest absolute Gasteiger partial charge is 0.313 e. The molecule has 1 N–H and O–H groups in total. The Bertz CT molecular complexity index is 416. The molecule has 22 heavy (non-hydrogen) atoms. The minimum atomic E-state index is -0.541. The lowest BCUT2D eigenvalue weighted by Gasteiger charge is -2.42. The van der Waals surface area contributed by atoms with Crippen LogP contribution < -0.4 is 5.32 Å². The van der Waals surface area contributed by atoms with Crippen LogP contribution in [0.15, 0.2) is 0 Å². The van der Waals surface area contributed by atoms with Crippen LogP contribution in [0.3, 0.4) is 0 Å². The fraction of sp³-hybridized carbons (Fsp3) is 0.875. The van der Waals surface area contributed by atoms with Gasteiger partial charge in [-0.3, -0.25) is 4.79 Å². The minimum Gasteiger partial charge on any atom is -0.466 e. The first-order chi connectivity index (χ1) is 10.6. The van der Waals surface area contributed by atoms with Crippen molar-refractivity contribution in [1.82, 2.24) is 5.32 Å². The van der Waals surface area contributed by atoms with Crippen molar-refractivity contribution in [3.05, 3.63) is 0 Å². The van der Waals surface area contributed by atoms with E-state index in [-0.39, 0.29) is 12.0 Å². The zero-order chi connectivity index (χ0) is 16.1. The van der Waals surface area contributed by atoms with E-state index in [1.165, 1.54) is 0 Å². The fourth-order valence-corrected chi connectivity index (χ4v) is 3.21. The van der Waals surface area contributed by atoms with Gasteiger partial charge in [0.05, 0.1) is 37.7 Å². The number of ether oxygens (including phenoxy) is 3. The van der Waals surface area contributed by atoms with Crippen LogP contribution in [0.25, 0.3) is 0 Å². The molecular formula is C16H26N2O4. The molecule has 6 nitrogen and oxygen atoms in total. The zero-order valence-electron chi connectivity index (χ0n) is 13.5. The van der Waals surface area contributed by atoms with Gasteiger partial charge >= 0.3 is 5.97 Å². The molecule has 0 aromatic rings. The summed E-state index contributed by atoms with van der Waals surface area (Å²) < 4.78 is 16.8. The molecule has 0 radical (unpaired) electrons. The second kappa shape index (κ2) is 7.40. The summed E-state index contributed by atoms with van der Waals surface area (Å²) in [5, 5.41) is 12.1. The van der Waals surface area contributed by atoms with Crippen LogP contribution in [-0.4, -0.2) is 44.2 Å². The summed E-state index contributed by atoms with van der Waals surface area (Å²) >= 11 is 0. The van der Waals surface area contributed by atoms with Gasteiger partial charge in [0.25, 0.3) is 0 Å². The number of esters is 1. The SMILES string of the molecule is CCOC(=O)C1(CN[C@@H](C)CC#N)CCC2(CC1)OCCO2. The highest BCUT2D eigenvalue weighted by molar-refractivity contribution is 5.77. The lowest BCUT2D eigenvalue weighted by atomic mass is 9.71. The molecule has 1 atom stereocenters. The molecule has 0 unspecified atom stereocenters. The lowest BCUT2D eigenvalue weighted by Crippen LogP contribution is -2.50. The summed E-state index contributed by atoms with van der Waals surface area (Å²) in [6.45, 7) is 5.95. The topological polar surface area (TPSA) is 80.6 Å². The highest BCUT2D eigenvalue weighted by atomic mass is 16.7.